The predicted octanol–water partition coefficient (Wildman–Crippen LogP) is 3.34. The zero-order chi connectivity index (χ0) is 14.6. The molecule has 1 aromatic heterocycles. The third-order valence-corrected chi connectivity index (χ3v) is 5.28. The molecule has 4 heteroatoms. The maximum atomic E-state index is 11.9. The fourth-order valence-electron chi connectivity index (χ4n) is 3.04. The minimum absolute atomic E-state index is 0.0985. The number of carbonyl (C=O) groups excluding carboxylic acids is 1. The maximum absolute atomic E-state index is 11.9. The van der Waals surface area contributed by atoms with Crippen molar-refractivity contribution in [2.45, 2.75) is 45.6 Å². The molecular formula is C16H26N2OS. The number of amides is 1. The van der Waals surface area contributed by atoms with Crippen molar-refractivity contribution in [3.05, 3.63) is 22.4 Å². The van der Waals surface area contributed by atoms with E-state index in [2.05, 4.69) is 28.1 Å². The van der Waals surface area contributed by atoms with Crippen LogP contribution < -0.4 is 10.6 Å². The van der Waals surface area contributed by atoms with Crippen molar-refractivity contribution < 1.29 is 4.79 Å². The van der Waals surface area contributed by atoms with Gasteiger partial charge in [0.2, 0.25) is 5.91 Å². The van der Waals surface area contributed by atoms with Crippen molar-refractivity contribution in [3.8, 4) is 0 Å². The lowest BCUT2D eigenvalue weighted by molar-refractivity contribution is -0.128. The summed E-state index contributed by atoms with van der Waals surface area (Å²) in [6.45, 7) is 4.71. The van der Waals surface area contributed by atoms with E-state index in [1.54, 1.807) is 7.05 Å². The molecule has 0 radical (unpaired) electrons. The highest BCUT2D eigenvalue weighted by Crippen LogP contribution is 2.37. The van der Waals surface area contributed by atoms with Gasteiger partial charge in [-0.1, -0.05) is 18.9 Å². The molecule has 2 rings (SSSR count). The van der Waals surface area contributed by atoms with E-state index in [9.17, 15) is 4.79 Å². The highest BCUT2D eigenvalue weighted by molar-refractivity contribution is 7.10. The number of hydrogen-bond donors (Lipinski definition) is 2. The fraction of sp³-hybridized carbons (Fsp3) is 0.688. The van der Waals surface area contributed by atoms with E-state index in [1.165, 1.54) is 30.6 Å². The van der Waals surface area contributed by atoms with Gasteiger partial charge in [0.25, 0.3) is 0 Å². The molecule has 1 heterocycles. The van der Waals surface area contributed by atoms with Gasteiger partial charge in [-0.2, -0.15) is 0 Å². The molecule has 1 fully saturated rings. The number of rotatable bonds is 6. The summed E-state index contributed by atoms with van der Waals surface area (Å²) in [5.74, 6) is 0.815. The highest BCUT2D eigenvalue weighted by atomic mass is 32.1. The number of thiophene rings is 1. The normalized spacial score (nSPS) is 18.1. The summed E-state index contributed by atoms with van der Waals surface area (Å²) < 4.78 is 0. The Morgan fingerprint density at radius 1 is 1.45 bits per heavy atom. The van der Waals surface area contributed by atoms with Crippen LogP contribution >= 0.6 is 11.3 Å². The number of hydrogen-bond acceptors (Lipinski definition) is 3. The summed E-state index contributed by atoms with van der Waals surface area (Å²) in [7, 11) is 1.71. The highest BCUT2D eigenvalue weighted by Gasteiger charge is 2.31. The SMILES string of the molecule is CNC(=O)C(C)(C)CNC(c1cccs1)C1CCCC1. The first kappa shape index (κ1) is 15.5. The van der Waals surface area contributed by atoms with E-state index in [0.29, 0.717) is 18.5 Å². The molecule has 3 nitrogen and oxygen atoms in total. The second-order valence-electron chi connectivity index (χ2n) is 6.38. The Morgan fingerprint density at radius 2 is 2.15 bits per heavy atom. The van der Waals surface area contributed by atoms with Crippen LogP contribution in [0, 0.1) is 11.3 Å². The first-order chi connectivity index (χ1) is 9.54. The summed E-state index contributed by atoms with van der Waals surface area (Å²) in [4.78, 5) is 13.3. The van der Waals surface area contributed by atoms with Gasteiger partial charge in [0.05, 0.1) is 5.41 Å². The quantitative estimate of drug-likeness (QED) is 0.845. The van der Waals surface area contributed by atoms with E-state index in [0.717, 1.165) is 0 Å². The number of carbonyl (C=O) groups is 1. The maximum Gasteiger partial charge on any atom is 0.226 e. The van der Waals surface area contributed by atoms with Crippen LogP contribution in [0.25, 0.3) is 0 Å². The molecule has 0 bridgehead atoms. The number of nitrogens with one attached hydrogen (secondary N) is 2. The zero-order valence-electron chi connectivity index (χ0n) is 12.7. The average Bonchev–Trinajstić information content (AvgIpc) is 3.10. The van der Waals surface area contributed by atoms with E-state index >= 15 is 0 Å². The Balaban J connectivity index is 2.03. The Bertz CT molecular complexity index is 422. The Labute approximate surface area is 126 Å². The van der Waals surface area contributed by atoms with Crippen LogP contribution in [0.5, 0.6) is 0 Å². The second kappa shape index (κ2) is 6.72. The van der Waals surface area contributed by atoms with Crippen LogP contribution in [0.2, 0.25) is 0 Å². The molecule has 1 aliphatic rings. The van der Waals surface area contributed by atoms with E-state index in [1.807, 2.05) is 25.2 Å². The molecular weight excluding hydrogens is 268 g/mol. The molecule has 1 unspecified atom stereocenters. The first-order valence-corrected chi connectivity index (χ1v) is 8.41. The van der Waals surface area contributed by atoms with Gasteiger partial charge in [-0.05, 0) is 44.1 Å². The van der Waals surface area contributed by atoms with Crippen molar-refractivity contribution >= 4 is 17.2 Å². The molecule has 112 valence electrons. The van der Waals surface area contributed by atoms with Crippen LogP contribution in [-0.4, -0.2) is 19.5 Å². The van der Waals surface area contributed by atoms with Crippen molar-refractivity contribution in [1.82, 2.24) is 10.6 Å². The fourth-order valence-corrected chi connectivity index (χ4v) is 3.94. The standard InChI is InChI=1S/C16H26N2OS/c1-16(2,15(19)17-3)11-18-14(12-7-4-5-8-12)13-9-6-10-20-13/h6,9-10,12,14,18H,4-5,7-8,11H2,1-3H3,(H,17,19). The van der Waals surface area contributed by atoms with Gasteiger partial charge < -0.3 is 10.6 Å². The topological polar surface area (TPSA) is 41.1 Å². The summed E-state index contributed by atoms with van der Waals surface area (Å²) in [6, 6.07) is 4.74. The molecule has 0 spiro atoms. The molecule has 1 amide bonds. The molecule has 1 atom stereocenters. The van der Waals surface area contributed by atoms with Crippen LogP contribution in [-0.2, 0) is 4.79 Å². The molecule has 2 N–H and O–H groups in total. The lowest BCUT2D eigenvalue weighted by Crippen LogP contribution is -2.43. The molecule has 0 aromatic carbocycles. The molecule has 1 saturated carbocycles. The summed E-state index contributed by atoms with van der Waals surface area (Å²) in [5, 5.41) is 8.57. The summed E-state index contributed by atoms with van der Waals surface area (Å²) in [5.41, 5.74) is -0.372. The van der Waals surface area contributed by atoms with E-state index < -0.39 is 0 Å². The van der Waals surface area contributed by atoms with Gasteiger partial charge in [-0.3, -0.25) is 4.79 Å². The monoisotopic (exact) mass is 294 g/mol. The van der Waals surface area contributed by atoms with Gasteiger partial charge in [0.15, 0.2) is 0 Å². The molecule has 1 aromatic rings. The van der Waals surface area contributed by atoms with E-state index in [4.69, 9.17) is 0 Å². The van der Waals surface area contributed by atoms with Crippen LogP contribution in [0.4, 0.5) is 0 Å². The van der Waals surface area contributed by atoms with Crippen LogP contribution in [0.15, 0.2) is 17.5 Å². The molecule has 0 saturated heterocycles. The van der Waals surface area contributed by atoms with Crippen molar-refractivity contribution in [2.75, 3.05) is 13.6 Å². The third-order valence-electron chi connectivity index (χ3n) is 4.33. The van der Waals surface area contributed by atoms with Gasteiger partial charge in [-0.25, -0.2) is 0 Å². The predicted molar refractivity (Wildman–Crippen MR) is 84.9 cm³/mol. The van der Waals surface area contributed by atoms with Crippen LogP contribution in [0.1, 0.15) is 50.4 Å². The minimum atomic E-state index is -0.372. The first-order valence-electron chi connectivity index (χ1n) is 7.53. The lowest BCUT2D eigenvalue weighted by Gasteiger charge is -2.29. The minimum Gasteiger partial charge on any atom is -0.359 e. The smallest absolute Gasteiger partial charge is 0.226 e. The second-order valence-corrected chi connectivity index (χ2v) is 7.36. The Morgan fingerprint density at radius 3 is 2.70 bits per heavy atom. The van der Waals surface area contributed by atoms with Gasteiger partial charge in [0, 0.05) is 24.5 Å². The molecule has 1 aliphatic carbocycles. The average molecular weight is 294 g/mol. The van der Waals surface area contributed by atoms with Crippen molar-refractivity contribution in [2.24, 2.45) is 11.3 Å². The van der Waals surface area contributed by atoms with Gasteiger partial charge in [-0.15, -0.1) is 11.3 Å². The van der Waals surface area contributed by atoms with Crippen molar-refractivity contribution in [1.29, 1.82) is 0 Å². The Hall–Kier alpha value is -0.870. The molecule has 20 heavy (non-hydrogen) atoms. The Kier molecular flexibility index (Phi) is 5.22. The molecule has 0 aliphatic heterocycles. The lowest BCUT2D eigenvalue weighted by atomic mass is 9.90. The van der Waals surface area contributed by atoms with Gasteiger partial charge in [0.1, 0.15) is 0 Å². The largest absolute Gasteiger partial charge is 0.359 e. The summed E-state index contributed by atoms with van der Waals surface area (Å²) in [6.07, 6.45) is 5.28. The van der Waals surface area contributed by atoms with E-state index in [-0.39, 0.29) is 11.3 Å². The van der Waals surface area contributed by atoms with Crippen molar-refractivity contribution in [3.63, 3.8) is 0 Å². The third kappa shape index (κ3) is 3.61. The van der Waals surface area contributed by atoms with Crippen LogP contribution in [0.3, 0.4) is 0 Å². The zero-order valence-corrected chi connectivity index (χ0v) is 13.6. The van der Waals surface area contributed by atoms with Gasteiger partial charge >= 0.3 is 0 Å². The summed E-state index contributed by atoms with van der Waals surface area (Å²) >= 11 is 1.82.